The van der Waals surface area contributed by atoms with E-state index in [1.54, 1.807) is 0 Å². The maximum Gasteiger partial charge on any atom is 0.127 e. The van der Waals surface area contributed by atoms with Crippen LogP contribution in [-0.4, -0.2) is 40.1 Å². The smallest absolute Gasteiger partial charge is 0.127 e. The number of nitrogens with one attached hydrogen (secondary N) is 1. The van der Waals surface area contributed by atoms with Gasteiger partial charge in [0.25, 0.3) is 0 Å². The van der Waals surface area contributed by atoms with Gasteiger partial charge in [0.2, 0.25) is 0 Å². The van der Waals surface area contributed by atoms with E-state index in [1.165, 1.54) is 32.4 Å². The molecular weight excluding hydrogens is 236 g/mol. The van der Waals surface area contributed by atoms with E-state index >= 15 is 0 Å². The summed E-state index contributed by atoms with van der Waals surface area (Å²) in [5.41, 5.74) is 0.133. The van der Waals surface area contributed by atoms with E-state index in [2.05, 4.69) is 47.7 Å². The molecule has 2 unspecified atom stereocenters. The third kappa shape index (κ3) is 2.70. The van der Waals surface area contributed by atoms with Crippen molar-refractivity contribution in [1.82, 2.24) is 19.8 Å². The van der Waals surface area contributed by atoms with Crippen LogP contribution in [0.1, 0.15) is 51.4 Å². The van der Waals surface area contributed by atoms with Gasteiger partial charge < -0.3 is 9.88 Å². The van der Waals surface area contributed by atoms with E-state index in [0.717, 1.165) is 12.2 Å². The number of hydrogen-bond donors (Lipinski definition) is 1. The molecule has 1 aromatic heterocycles. The zero-order valence-electron chi connectivity index (χ0n) is 12.8. The van der Waals surface area contributed by atoms with Crippen molar-refractivity contribution >= 4 is 0 Å². The van der Waals surface area contributed by atoms with Crippen molar-refractivity contribution in [1.29, 1.82) is 0 Å². The van der Waals surface area contributed by atoms with Gasteiger partial charge in [-0.15, -0.1) is 0 Å². The number of likely N-dealkylation sites (N-methyl/N-ethyl adjacent to an activating group) is 1. The Morgan fingerprint density at radius 3 is 2.53 bits per heavy atom. The third-order valence-corrected chi connectivity index (χ3v) is 4.82. The molecule has 1 aliphatic rings. The molecule has 0 radical (unpaired) electrons. The standard InChI is InChI=1S/C15H28N4/c1-5-15(2,19-10-7-6-8-11-19)13(16-3)14-17-9-12-18(14)4/h9,12-13,16H,5-8,10-11H2,1-4H3. The second kappa shape index (κ2) is 6.06. The van der Waals surface area contributed by atoms with Gasteiger partial charge in [-0.2, -0.15) is 0 Å². The molecule has 0 spiro atoms. The summed E-state index contributed by atoms with van der Waals surface area (Å²) in [4.78, 5) is 7.23. The fourth-order valence-electron chi connectivity index (χ4n) is 3.39. The number of aromatic nitrogens is 2. The quantitative estimate of drug-likeness (QED) is 0.886. The lowest BCUT2D eigenvalue weighted by molar-refractivity contribution is 0.0414. The molecule has 1 saturated heterocycles. The highest BCUT2D eigenvalue weighted by Crippen LogP contribution is 2.35. The molecule has 0 aliphatic carbocycles. The second-order valence-corrected chi connectivity index (χ2v) is 5.88. The molecule has 0 saturated carbocycles. The number of aryl methyl sites for hydroxylation is 1. The molecule has 1 fully saturated rings. The predicted molar refractivity (Wildman–Crippen MR) is 79.1 cm³/mol. The maximum atomic E-state index is 4.57. The van der Waals surface area contributed by atoms with E-state index in [9.17, 15) is 0 Å². The van der Waals surface area contributed by atoms with Crippen LogP contribution in [0.15, 0.2) is 12.4 Å². The molecular formula is C15H28N4. The molecule has 0 aromatic carbocycles. The highest BCUT2D eigenvalue weighted by Gasteiger charge is 2.40. The van der Waals surface area contributed by atoms with Crippen molar-refractivity contribution in [2.24, 2.45) is 7.05 Å². The Kier molecular flexibility index (Phi) is 4.63. The van der Waals surface area contributed by atoms with Crippen molar-refractivity contribution in [3.05, 3.63) is 18.2 Å². The van der Waals surface area contributed by atoms with Crippen LogP contribution in [0.25, 0.3) is 0 Å². The van der Waals surface area contributed by atoms with Gasteiger partial charge in [0.15, 0.2) is 0 Å². The average Bonchev–Trinajstić information content (AvgIpc) is 2.86. The molecule has 108 valence electrons. The number of likely N-dealkylation sites (tertiary alicyclic amines) is 1. The Hall–Kier alpha value is -0.870. The highest BCUT2D eigenvalue weighted by molar-refractivity contribution is 5.09. The zero-order valence-corrected chi connectivity index (χ0v) is 12.8. The van der Waals surface area contributed by atoms with Gasteiger partial charge in [0.05, 0.1) is 6.04 Å². The van der Waals surface area contributed by atoms with Crippen LogP contribution in [0, 0.1) is 0 Å². The highest BCUT2D eigenvalue weighted by atomic mass is 15.2. The summed E-state index contributed by atoms with van der Waals surface area (Å²) < 4.78 is 2.14. The molecule has 1 N–H and O–H groups in total. The van der Waals surface area contributed by atoms with E-state index < -0.39 is 0 Å². The van der Waals surface area contributed by atoms with Crippen molar-refractivity contribution in [3.8, 4) is 0 Å². The Bertz CT molecular complexity index is 395. The molecule has 2 rings (SSSR count). The first-order chi connectivity index (χ1) is 9.13. The Labute approximate surface area is 117 Å². The zero-order chi connectivity index (χ0) is 13.9. The average molecular weight is 264 g/mol. The molecule has 1 aliphatic heterocycles. The fraction of sp³-hybridized carbons (Fsp3) is 0.800. The lowest BCUT2D eigenvalue weighted by Gasteiger charge is -2.47. The number of imidazole rings is 1. The van der Waals surface area contributed by atoms with Gasteiger partial charge in [-0.05, 0) is 46.3 Å². The minimum absolute atomic E-state index is 0.133. The number of piperidine rings is 1. The van der Waals surface area contributed by atoms with E-state index in [-0.39, 0.29) is 11.6 Å². The molecule has 1 aromatic rings. The number of rotatable bonds is 5. The summed E-state index contributed by atoms with van der Waals surface area (Å²) in [7, 11) is 4.14. The minimum Gasteiger partial charge on any atom is -0.337 e. The first-order valence-electron chi connectivity index (χ1n) is 7.53. The molecule has 4 nitrogen and oxygen atoms in total. The Balaban J connectivity index is 2.29. The van der Waals surface area contributed by atoms with Crippen LogP contribution in [0.5, 0.6) is 0 Å². The van der Waals surface area contributed by atoms with Crippen LogP contribution in [0.4, 0.5) is 0 Å². The minimum atomic E-state index is 0.133. The van der Waals surface area contributed by atoms with E-state index in [4.69, 9.17) is 0 Å². The van der Waals surface area contributed by atoms with Crippen molar-refractivity contribution in [3.63, 3.8) is 0 Å². The molecule has 2 heterocycles. The van der Waals surface area contributed by atoms with Gasteiger partial charge in [-0.25, -0.2) is 4.98 Å². The van der Waals surface area contributed by atoms with E-state index in [1.807, 2.05) is 12.4 Å². The third-order valence-electron chi connectivity index (χ3n) is 4.82. The van der Waals surface area contributed by atoms with Crippen LogP contribution in [-0.2, 0) is 7.05 Å². The lowest BCUT2D eigenvalue weighted by atomic mass is 9.85. The monoisotopic (exact) mass is 264 g/mol. The topological polar surface area (TPSA) is 33.1 Å². The SMILES string of the molecule is CCC(C)(C(NC)c1nccn1C)N1CCCCC1. The fourth-order valence-corrected chi connectivity index (χ4v) is 3.39. The Morgan fingerprint density at radius 2 is 2.05 bits per heavy atom. The van der Waals surface area contributed by atoms with Crippen LogP contribution in [0.2, 0.25) is 0 Å². The molecule has 4 heteroatoms. The van der Waals surface area contributed by atoms with Crippen molar-refractivity contribution in [2.75, 3.05) is 20.1 Å². The Morgan fingerprint density at radius 1 is 1.37 bits per heavy atom. The molecule has 0 bridgehead atoms. The maximum absolute atomic E-state index is 4.57. The summed E-state index contributed by atoms with van der Waals surface area (Å²) in [6.07, 6.45) is 9.09. The van der Waals surface area contributed by atoms with E-state index in [0.29, 0.717) is 0 Å². The number of nitrogens with zero attached hydrogens (tertiary/aromatic N) is 3. The summed E-state index contributed by atoms with van der Waals surface area (Å²) >= 11 is 0. The molecule has 2 atom stereocenters. The summed E-state index contributed by atoms with van der Waals surface area (Å²) in [5.74, 6) is 1.14. The van der Waals surface area contributed by atoms with Crippen LogP contribution in [0.3, 0.4) is 0 Å². The van der Waals surface area contributed by atoms with Crippen molar-refractivity contribution < 1.29 is 0 Å². The van der Waals surface area contributed by atoms with Gasteiger partial charge in [-0.3, -0.25) is 4.90 Å². The largest absolute Gasteiger partial charge is 0.337 e. The summed E-state index contributed by atoms with van der Waals surface area (Å²) in [6.45, 7) is 7.11. The summed E-state index contributed by atoms with van der Waals surface area (Å²) in [6, 6.07) is 0.274. The van der Waals surface area contributed by atoms with Crippen LogP contribution < -0.4 is 5.32 Å². The van der Waals surface area contributed by atoms with Gasteiger partial charge in [0, 0.05) is 25.0 Å². The second-order valence-electron chi connectivity index (χ2n) is 5.88. The molecule has 0 amide bonds. The molecule has 19 heavy (non-hydrogen) atoms. The summed E-state index contributed by atoms with van der Waals surface area (Å²) in [5, 5.41) is 3.51. The van der Waals surface area contributed by atoms with Gasteiger partial charge in [0.1, 0.15) is 5.82 Å². The first kappa shape index (κ1) is 14.5. The lowest BCUT2D eigenvalue weighted by Crippen LogP contribution is -2.56. The number of hydrogen-bond acceptors (Lipinski definition) is 3. The predicted octanol–water partition coefficient (Wildman–Crippen LogP) is 2.34. The first-order valence-corrected chi connectivity index (χ1v) is 7.53. The van der Waals surface area contributed by atoms with Gasteiger partial charge in [-0.1, -0.05) is 13.3 Å². The normalized spacial score (nSPS) is 22.1. The van der Waals surface area contributed by atoms with Crippen molar-refractivity contribution in [2.45, 2.75) is 51.1 Å². The van der Waals surface area contributed by atoms with Gasteiger partial charge >= 0.3 is 0 Å². The van der Waals surface area contributed by atoms with Crippen LogP contribution >= 0.6 is 0 Å².